The molecule has 0 aliphatic carbocycles. The van der Waals surface area contributed by atoms with Crippen molar-refractivity contribution in [3.05, 3.63) is 35.9 Å². The summed E-state index contributed by atoms with van der Waals surface area (Å²) < 4.78 is 0. The summed E-state index contributed by atoms with van der Waals surface area (Å²) in [5, 5.41) is 2.98. The molecule has 0 atom stereocenters. The minimum atomic E-state index is -0.360. The first-order chi connectivity index (χ1) is 8.56. The van der Waals surface area contributed by atoms with Crippen molar-refractivity contribution in [2.45, 2.75) is 33.1 Å². The lowest BCUT2D eigenvalue weighted by Gasteiger charge is -2.22. The molecular formula is C15H24N2O. The number of benzene rings is 1. The summed E-state index contributed by atoms with van der Waals surface area (Å²) in [6.07, 6.45) is 2.68. The van der Waals surface area contributed by atoms with Crippen LogP contribution < -0.4 is 11.1 Å². The average Bonchev–Trinajstić information content (AvgIpc) is 2.35. The van der Waals surface area contributed by atoms with Crippen LogP contribution in [0.2, 0.25) is 0 Å². The second-order valence-electron chi connectivity index (χ2n) is 5.27. The van der Waals surface area contributed by atoms with Crippen LogP contribution in [0.4, 0.5) is 0 Å². The van der Waals surface area contributed by atoms with Gasteiger partial charge in [0.05, 0.1) is 0 Å². The smallest absolute Gasteiger partial charge is 0.225 e. The van der Waals surface area contributed by atoms with Crippen molar-refractivity contribution in [1.29, 1.82) is 0 Å². The largest absolute Gasteiger partial charge is 0.356 e. The lowest BCUT2D eigenvalue weighted by atomic mass is 9.88. The van der Waals surface area contributed by atoms with Crippen molar-refractivity contribution in [1.82, 2.24) is 5.32 Å². The second kappa shape index (κ2) is 7.17. The van der Waals surface area contributed by atoms with Gasteiger partial charge in [0.15, 0.2) is 0 Å². The van der Waals surface area contributed by atoms with Gasteiger partial charge in [-0.2, -0.15) is 0 Å². The molecular weight excluding hydrogens is 224 g/mol. The third-order valence-electron chi connectivity index (χ3n) is 3.15. The maximum Gasteiger partial charge on any atom is 0.225 e. The quantitative estimate of drug-likeness (QED) is 0.726. The van der Waals surface area contributed by atoms with Gasteiger partial charge in [0.25, 0.3) is 0 Å². The highest BCUT2D eigenvalue weighted by Crippen LogP contribution is 2.19. The van der Waals surface area contributed by atoms with Crippen LogP contribution in [0.1, 0.15) is 32.3 Å². The number of carbonyl (C=O) groups is 1. The summed E-state index contributed by atoms with van der Waals surface area (Å²) in [5.74, 6) is 0.0982. The number of aryl methyl sites for hydroxylation is 1. The standard InChI is InChI=1S/C15H24N2O/c1-15(2,10-11-16)14(18)17-12-6-9-13-7-4-3-5-8-13/h3-5,7-8H,6,9-12,16H2,1-2H3,(H,17,18). The number of rotatable bonds is 7. The van der Waals surface area contributed by atoms with Gasteiger partial charge in [-0.1, -0.05) is 44.2 Å². The molecule has 0 bridgehead atoms. The van der Waals surface area contributed by atoms with E-state index < -0.39 is 0 Å². The summed E-state index contributed by atoms with van der Waals surface area (Å²) in [7, 11) is 0. The summed E-state index contributed by atoms with van der Waals surface area (Å²) in [5.41, 5.74) is 6.46. The van der Waals surface area contributed by atoms with E-state index in [1.54, 1.807) is 0 Å². The first-order valence-electron chi connectivity index (χ1n) is 6.58. The number of hydrogen-bond donors (Lipinski definition) is 2. The van der Waals surface area contributed by atoms with Gasteiger partial charge >= 0.3 is 0 Å². The van der Waals surface area contributed by atoms with Crippen molar-refractivity contribution in [2.24, 2.45) is 11.1 Å². The fraction of sp³-hybridized carbons (Fsp3) is 0.533. The van der Waals surface area contributed by atoms with Crippen LogP contribution in [0.3, 0.4) is 0 Å². The van der Waals surface area contributed by atoms with Gasteiger partial charge in [-0.15, -0.1) is 0 Å². The van der Waals surface area contributed by atoms with Crippen LogP contribution in [0.15, 0.2) is 30.3 Å². The SMILES string of the molecule is CC(C)(CCN)C(=O)NCCCc1ccccc1. The normalized spacial score (nSPS) is 11.3. The van der Waals surface area contributed by atoms with E-state index in [1.165, 1.54) is 5.56 Å². The maximum atomic E-state index is 11.9. The lowest BCUT2D eigenvalue weighted by Crippen LogP contribution is -2.38. The molecule has 0 saturated carbocycles. The molecule has 0 heterocycles. The van der Waals surface area contributed by atoms with E-state index >= 15 is 0 Å². The van der Waals surface area contributed by atoms with Crippen LogP contribution >= 0.6 is 0 Å². The van der Waals surface area contributed by atoms with E-state index in [2.05, 4.69) is 17.4 Å². The number of nitrogens with one attached hydrogen (secondary N) is 1. The maximum absolute atomic E-state index is 11.9. The predicted octanol–water partition coefficient (Wildman–Crippen LogP) is 2.11. The van der Waals surface area contributed by atoms with Gasteiger partial charge in [0.2, 0.25) is 5.91 Å². The van der Waals surface area contributed by atoms with Gasteiger partial charge < -0.3 is 11.1 Å². The molecule has 0 fully saturated rings. The highest BCUT2D eigenvalue weighted by molar-refractivity contribution is 5.81. The van der Waals surface area contributed by atoms with Crippen LogP contribution in [0.5, 0.6) is 0 Å². The lowest BCUT2D eigenvalue weighted by molar-refractivity contribution is -0.129. The van der Waals surface area contributed by atoms with Crippen molar-refractivity contribution in [3.8, 4) is 0 Å². The van der Waals surface area contributed by atoms with Crippen LogP contribution in [0, 0.1) is 5.41 Å². The van der Waals surface area contributed by atoms with Crippen molar-refractivity contribution < 1.29 is 4.79 Å². The van der Waals surface area contributed by atoms with Gasteiger partial charge in [0, 0.05) is 12.0 Å². The Hall–Kier alpha value is -1.35. The number of carbonyl (C=O) groups excluding carboxylic acids is 1. The van der Waals surface area contributed by atoms with Crippen LogP contribution in [-0.2, 0) is 11.2 Å². The molecule has 1 rings (SSSR count). The molecule has 3 heteroatoms. The highest BCUT2D eigenvalue weighted by atomic mass is 16.2. The molecule has 0 spiro atoms. The molecule has 1 amide bonds. The Morgan fingerprint density at radius 3 is 2.56 bits per heavy atom. The van der Waals surface area contributed by atoms with Crippen molar-refractivity contribution in [2.75, 3.05) is 13.1 Å². The third kappa shape index (κ3) is 4.88. The number of hydrogen-bond acceptors (Lipinski definition) is 2. The van der Waals surface area contributed by atoms with E-state index in [0.717, 1.165) is 25.8 Å². The second-order valence-corrected chi connectivity index (χ2v) is 5.27. The molecule has 3 N–H and O–H groups in total. The third-order valence-corrected chi connectivity index (χ3v) is 3.15. The zero-order valence-corrected chi connectivity index (χ0v) is 11.4. The first kappa shape index (κ1) is 14.7. The number of nitrogens with two attached hydrogens (primary N) is 1. The van der Waals surface area contributed by atoms with E-state index in [9.17, 15) is 4.79 Å². The number of amides is 1. The topological polar surface area (TPSA) is 55.1 Å². The van der Waals surface area contributed by atoms with Crippen molar-refractivity contribution in [3.63, 3.8) is 0 Å². The van der Waals surface area contributed by atoms with Gasteiger partial charge in [0.1, 0.15) is 0 Å². The zero-order chi connectivity index (χ0) is 13.4. The molecule has 3 nitrogen and oxygen atoms in total. The van der Waals surface area contributed by atoms with Gasteiger partial charge in [-0.3, -0.25) is 4.79 Å². The molecule has 0 aliphatic rings. The minimum absolute atomic E-state index is 0.0982. The molecule has 100 valence electrons. The molecule has 1 aromatic carbocycles. The zero-order valence-electron chi connectivity index (χ0n) is 11.4. The van der Waals surface area contributed by atoms with Crippen molar-refractivity contribution >= 4 is 5.91 Å². The van der Waals surface area contributed by atoms with E-state index in [4.69, 9.17) is 5.73 Å². The van der Waals surface area contributed by atoms with Crippen LogP contribution in [-0.4, -0.2) is 19.0 Å². The fourth-order valence-corrected chi connectivity index (χ4v) is 1.85. The molecule has 0 unspecified atom stereocenters. The monoisotopic (exact) mass is 248 g/mol. The molecule has 18 heavy (non-hydrogen) atoms. The molecule has 1 aromatic rings. The van der Waals surface area contributed by atoms with E-state index in [0.29, 0.717) is 6.54 Å². The molecule has 0 aliphatic heterocycles. The summed E-state index contributed by atoms with van der Waals surface area (Å²) in [4.78, 5) is 11.9. The van der Waals surface area contributed by atoms with Gasteiger partial charge in [-0.05, 0) is 31.4 Å². The minimum Gasteiger partial charge on any atom is -0.356 e. The Morgan fingerprint density at radius 1 is 1.28 bits per heavy atom. The Morgan fingerprint density at radius 2 is 1.94 bits per heavy atom. The highest BCUT2D eigenvalue weighted by Gasteiger charge is 2.25. The Bertz CT molecular complexity index is 360. The fourth-order valence-electron chi connectivity index (χ4n) is 1.85. The molecule has 0 radical (unpaired) electrons. The Kier molecular flexibility index (Phi) is 5.86. The Balaban J connectivity index is 2.24. The van der Waals surface area contributed by atoms with Gasteiger partial charge in [-0.25, -0.2) is 0 Å². The Labute approximate surface area is 110 Å². The van der Waals surface area contributed by atoms with Crippen LogP contribution in [0.25, 0.3) is 0 Å². The molecule has 0 saturated heterocycles. The summed E-state index contributed by atoms with van der Waals surface area (Å²) in [6.45, 7) is 5.14. The first-order valence-corrected chi connectivity index (χ1v) is 6.58. The summed E-state index contributed by atoms with van der Waals surface area (Å²) in [6, 6.07) is 10.3. The predicted molar refractivity (Wildman–Crippen MR) is 75.2 cm³/mol. The molecule has 0 aromatic heterocycles. The summed E-state index contributed by atoms with van der Waals surface area (Å²) >= 11 is 0. The van der Waals surface area contributed by atoms with E-state index in [1.807, 2.05) is 32.0 Å². The average molecular weight is 248 g/mol. The van der Waals surface area contributed by atoms with E-state index in [-0.39, 0.29) is 11.3 Å².